The van der Waals surface area contributed by atoms with Crippen molar-refractivity contribution in [2.24, 2.45) is 0 Å². The molecule has 1 amide bonds. The van der Waals surface area contributed by atoms with Crippen LogP contribution in [0.15, 0.2) is 61.2 Å². The largest absolute Gasteiger partial charge is 0.416 e. The number of anilines is 1. The summed E-state index contributed by atoms with van der Waals surface area (Å²) < 4.78 is 43.4. The Hall–Kier alpha value is -4.27. The zero-order valence-electron chi connectivity index (χ0n) is 21.2. The van der Waals surface area contributed by atoms with Crippen LogP contribution in [0.4, 0.5) is 19.0 Å². The van der Waals surface area contributed by atoms with Crippen molar-refractivity contribution in [1.82, 2.24) is 29.4 Å². The lowest BCUT2D eigenvalue weighted by atomic mass is 10.0. The number of carbonyl (C=O) groups is 1. The molecule has 1 aliphatic rings. The minimum Gasteiger partial charge on any atom is -0.307 e. The van der Waals surface area contributed by atoms with Gasteiger partial charge in [0.05, 0.1) is 17.3 Å². The van der Waals surface area contributed by atoms with E-state index in [0.29, 0.717) is 29.9 Å². The molecule has 0 spiro atoms. The Bertz CT molecular complexity index is 1550. The molecule has 0 unspecified atom stereocenters. The second kappa shape index (κ2) is 11.2. The van der Waals surface area contributed by atoms with Crippen LogP contribution in [-0.4, -0.2) is 68.0 Å². The number of hydrogen-bond donors (Lipinski definition) is 1. The van der Waals surface area contributed by atoms with E-state index in [9.17, 15) is 18.0 Å². The minimum absolute atomic E-state index is 0.0995. The molecular weight excluding hydrogens is 507 g/mol. The Morgan fingerprint density at radius 2 is 1.82 bits per heavy atom. The number of piperazine rings is 1. The predicted octanol–water partition coefficient (Wildman–Crippen LogP) is 3.93. The van der Waals surface area contributed by atoms with Gasteiger partial charge in [-0.2, -0.15) is 18.3 Å². The van der Waals surface area contributed by atoms with Gasteiger partial charge >= 0.3 is 6.18 Å². The van der Waals surface area contributed by atoms with Gasteiger partial charge in [-0.1, -0.05) is 24.8 Å². The summed E-state index contributed by atoms with van der Waals surface area (Å²) in [5.41, 5.74) is 1.05. The fraction of sp³-hybridized carbons (Fsp3) is 0.286. The maximum absolute atomic E-state index is 13.9. The van der Waals surface area contributed by atoms with Crippen molar-refractivity contribution in [2.75, 3.05) is 38.0 Å². The summed E-state index contributed by atoms with van der Waals surface area (Å²) >= 11 is 0. The number of pyridine rings is 1. The third kappa shape index (κ3) is 6.25. The van der Waals surface area contributed by atoms with Gasteiger partial charge < -0.3 is 10.2 Å². The molecule has 39 heavy (non-hydrogen) atoms. The number of fused-ring (bicyclic) bond motifs is 1. The Balaban J connectivity index is 1.31. The summed E-state index contributed by atoms with van der Waals surface area (Å²) in [4.78, 5) is 25.5. The Morgan fingerprint density at radius 1 is 1.03 bits per heavy atom. The lowest BCUT2D eigenvalue weighted by Crippen LogP contribution is -2.45. The van der Waals surface area contributed by atoms with E-state index in [0.717, 1.165) is 25.7 Å². The van der Waals surface area contributed by atoms with Crippen LogP contribution in [0.25, 0.3) is 5.65 Å². The van der Waals surface area contributed by atoms with Gasteiger partial charge in [0, 0.05) is 62.4 Å². The van der Waals surface area contributed by atoms with Gasteiger partial charge in [-0.05, 0) is 42.4 Å². The van der Waals surface area contributed by atoms with Crippen molar-refractivity contribution >= 4 is 17.4 Å². The Kier molecular flexibility index (Phi) is 7.58. The first kappa shape index (κ1) is 26.3. The average Bonchev–Trinajstić information content (AvgIpc) is 3.35. The smallest absolute Gasteiger partial charge is 0.307 e. The van der Waals surface area contributed by atoms with Crippen LogP contribution in [0.1, 0.15) is 39.5 Å². The van der Waals surface area contributed by atoms with E-state index in [1.807, 2.05) is 4.90 Å². The molecule has 3 aromatic heterocycles. The summed E-state index contributed by atoms with van der Waals surface area (Å²) in [5, 5.41) is 6.77. The molecule has 11 heteroatoms. The number of nitrogens with zero attached hydrogens (tertiary/aromatic N) is 6. The standard InChI is InChI=1S/C28H26F3N7O/c1-2-36-12-14-37(15-13-36)19-23-7-6-21(17-24(23)28(29,30)31)27(39)35-25-16-20(8-10-32-25)4-5-22-18-34-38-11-3-9-33-26(22)38/h3,6-11,16-18H,2,12-15,19H2,1H3,(H,32,35,39). The van der Waals surface area contributed by atoms with E-state index in [1.54, 1.807) is 41.3 Å². The monoisotopic (exact) mass is 533 g/mol. The van der Waals surface area contributed by atoms with Crippen molar-refractivity contribution < 1.29 is 18.0 Å². The van der Waals surface area contributed by atoms with Crippen LogP contribution < -0.4 is 5.32 Å². The van der Waals surface area contributed by atoms with E-state index in [2.05, 4.69) is 44.0 Å². The SMILES string of the molecule is CCN1CCN(Cc2ccc(C(=O)Nc3cc(C#Cc4cnn5cccnc45)ccn3)cc2C(F)(F)F)CC1. The molecule has 1 aromatic carbocycles. The first-order valence-corrected chi connectivity index (χ1v) is 12.5. The zero-order valence-corrected chi connectivity index (χ0v) is 21.2. The molecule has 1 saturated heterocycles. The number of likely N-dealkylation sites (N-methyl/N-ethyl adjacent to an activating group) is 1. The topological polar surface area (TPSA) is 78.7 Å². The van der Waals surface area contributed by atoms with Gasteiger partial charge in [0.1, 0.15) is 5.82 Å². The average molecular weight is 534 g/mol. The number of rotatable bonds is 5. The van der Waals surface area contributed by atoms with E-state index in [4.69, 9.17) is 0 Å². The molecule has 1 N–H and O–H groups in total. The lowest BCUT2D eigenvalue weighted by molar-refractivity contribution is -0.138. The molecule has 1 aliphatic heterocycles. The van der Waals surface area contributed by atoms with E-state index in [-0.39, 0.29) is 23.5 Å². The molecule has 0 radical (unpaired) electrons. The second-order valence-corrected chi connectivity index (χ2v) is 9.16. The first-order valence-electron chi connectivity index (χ1n) is 12.5. The first-order chi connectivity index (χ1) is 18.8. The molecular formula is C28H26F3N7O. The number of alkyl halides is 3. The van der Waals surface area contributed by atoms with Crippen LogP contribution in [0.3, 0.4) is 0 Å². The molecule has 4 aromatic rings. The zero-order chi connectivity index (χ0) is 27.4. The summed E-state index contributed by atoms with van der Waals surface area (Å²) in [6.45, 7) is 6.23. The van der Waals surface area contributed by atoms with E-state index < -0.39 is 17.6 Å². The van der Waals surface area contributed by atoms with E-state index >= 15 is 0 Å². The van der Waals surface area contributed by atoms with Crippen LogP contribution in [-0.2, 0) is 12.7 Å². The number of carbonyl (C=O) groups excluding carboxylic acids is 1. The second-order valence-electron chi connectivity index (χ2n) is 9.16. The number of halogens is 3. The number of aromatic nitrogens is 4. The van der Waals surface area contributed by atoms with Crippen molar-refractivity contribution in [2.45, 2.75) is 19.6 Å². The fourth-order valence-electron chi connectivity index (χ4n) is 4.44. The molecule has 4 heterocycles. The Morgan fingerprint density at radius 3 is 2.59 bits per heavy atom. The van der Waals surface area contributed by atoms with Crippen molar-refractivity contribution in [3.8, 4) is 11.8 Å². The van der Waals surface area contributed by atoms with E-state index in [1.165, 1.54) is 18.3 Å². The number of amides is 1. The number of benzene rings is 1. The van der Waals surface area contributed by atoms with Gasteiger partial charge in [0.15, 0.2) is 5.65 Å². The lowest BCUT2D eigenvalue weighted by Gasteiger charge is -2.34. The maximum Gasteiger partial charge on any atom is 0.416 e. The highest BCUT2D eigenvalue weighted by molar-refractivity contribution is 6.04. The summed E-state index contributed by atoms with van der Waals surface area (Å²) in [6, 6.07) is 8.70. The van der Waals surface area contributed by atoms with Crippen molar-refractivity contribution in [3.05, 3.63) is 89.0 Å². The molecule has 0 bridgehead atoms. The molecule has 0 aliphatic carbocycles. The number of hydrogen-bond acceptors (Lipinski definition) is 6. The summed E-state index contributed by atoms with van der Waals surface area (Å²) in [5.74, 6) is 5.47. The molecule has 1 fully saturated rings. The quantitative estimate of drug-likeness (QED) is 0.392. The molecule has 8 nitrogen and oxygen atoms in total. The van der Waals surface area contributed by atoms with Crippen molar-refractivity contribution in [1.29, 1.82) is 0 Å². The maximum atomic E-state index is 13.9. The normalized spacial score (nSPS) is 14.7. The minimum atomic E-state index is -4.59. The summed E-state index contributed by atoms with van der Waals surface area (Å²) in [6.07, 6.45) is 1.89. The van der Waals surface area contributed by atoms with Crippen LogP contribution in [0.2, 0.25) is 0 Å². The van der Waals surface area contributed by atoms with Gasteiger partial charge in [-0.25, -0.2) is 14.5 Å². The molecule has 0 saturated carbocycles. The van der Waals surface area contributed by atoms with Crippen LogP contribution in [0.5, 0.6) is 0 Å². The van der Waals surface area contributed by atoms with Crippen molar-refractivity contribution in [3.63, 3.8) is 0 Å². The van der Waals surface area contributed by atoms with Gasteiger partial charge in [0.25, 0.3) is 5.91 Å². The van der Waals surface area contributed by atoms with Gasteiger partial charge in [-0.3, -0.25) is 9.69 Å². The highest BCUT2D eigenvalue weighted by atomic mass is 19.4. The highest BCUT2D eigenvalue weighted by Crippen LogP contribution is 2.33. The molecule has 0 atom stereocenters. The fourth-order valence-corrected chi connectivity index (χ4v) is 4.44. The third-order valence-electron chi connectivity index (χ3n) is 6.61. The van der Waals surface area contributed by atoms with Gasteiger partial charge in [0.2, 0.25) is 0 Å². The summed E-state index contributed by atoms with van der Waals surface area (Å²) in [7, 11) is 0. The molecule has 200 valence electrons. The molecule has 5 rings (SSSR count). The van der Waals surface area contributed by atoms with Gasteiger partial charge in [-0.15, -0.1) is 0 Å². The third-order valence-corrected chi connectivity index (χ3v) is 6.61. The number of nitrogens with one attached hydrogen (secondary N) is 1. The van der Waals surface area contributed by atoms with Crippen LogP contribution in [0, 0.1) is 11.8 Å². The highest BCUT2D eigenvalue weighted by Gasteiger charge is 2.34. The Labute approximate surface area is 223 Å². The van der Waals surface area contributed by atoms with Crippen LogP contribution >= 0.6 is 0 Å². The predicted molar refractivity (Wildman–Crippen MR) is 140 cm³/mol.